The number of likely N-dealkylation sites (N-methyl/N-ethyl adjacent to an activating group) is 1. The largest absolute Gasteiger partial charge is 0.495 e. The van der Waals surface area contributed by atoms with Crippen molar-refractivity contribution >= 4 is 17.6 Å². The van der Waals surface area contributed by atoms with Crippen molar-refractivity contribution in [1.29, 1.82) is 0 Å². The van der Waals surface area contributed by atoms with Crippen molar-refractivity contribution in [1.82, 2.24) is 29.5 Å². The van der Waals surface area contributed by atoms with Crippen LogP contribution in [0.5, 0.6) is 5.75 Å². The number of rotatable bonds is 6. The van der Waals surface area contributed by atoms with Crippen LogP contribution in [0, 0.1) is 0 Å². The van der Waals surface area contributed by atoms with Crippen molar-refractivity contribution in [2.75, 3.05) is 51.4 Å². The normalized spacial score (nSPS) is 15.4. The Hall–Kier alpha value is -3.17. The summed E-state index contributed by atoms with van der Waals surface area (Å²) in [7, 11) is 3.82. The van der Waals surface area contributed by atoms with E-state index in [9.17, 15) is 0 Å². The molecule has 3 N–H and O–H groups in total. The van der Waals surface area contributed by atoms with Crippen molar-refractivity contribution in [3.63, 3.8) is 0 Å². The summed E-state index contributed by atoms with van der Waals surface area (Å²) in [4.78, 5) is 13.4. The molecule has 0 aliphatic carbocycles. The van der Waals surface area contributed by atoms with Crippen molar-refractivity contribution in [2.45, 2.75) is 6.54 Å². The van der Waals surface area contributed by atoms with Crippen LogP contribution in [-0.2, 0) is 6.54 Å². The number of hydrogen-bond acceptors (Lipinski definition) is 8. The molecule has 0 saturated carbocycles. The lowest BCUT2D eigenvalue weighted by atomic mass is 10.1. The molecule has 2 aromatic heterocycles. The molecule has 3 aromatic rings. The fraction of sp³-hybridized carbons (Fsp3) is 0.350. The van der Waals surface area contributed by atoms with Crippen LogP contribution in [0.2, 0.25) is 0 Å². The van der Waals surface area contributed by atoms with E-state index in [1.165, 1.54) is 10.2 Å². The Kier molecular flexibility index (Phi) is 5.59. The Balaban J connectivity index is 1.49. The van der Waals surface area contributed by atoms with Gasteiger partial charge in [0.25, 0.3) is 0 Å². The molecule has 152 valence electrons. The van der Waals surface area contributed by atoms with E-state index < -0.39 is 0 Å². The molecular weight excluding hydrogens is 368 g/mol. The lowest BCUT2D eigenvalue weighted by Crippen LogP contribution is -2.43. The van der Waals surface area contributed by atoms with Gasteiger partial charge in [0, 0.05) is 38.9 Å². The summed E-state index contributed by atoms with van der Waals surface area (Å²) in [6.45, 7) is 5.26. The number of benzene rings is 1. The van der Waals surface area contributed by atoms with Gasteiger partial charge in [-0.25, -0.2) is 4.98 Å². The first-order chi connectivity index (χ1) is 14.1. The molecule has 0 unspecified atom stereocenters. The molecule has 1 fully saturated rings. The molecule has 9 heteroatoms. The molecule has 9 nitrogen and oxygen atoms in total. The highest BCUT2D eigenvalue weighted by molar-refractivity contribution is 5.64. The fourth-order valence-electron chi connectivity index (χ4n) is 3.35. The number of nitrogen functional groups attached to an aromatic ring is 1. The lowest BCUT2D eigenvalue weighted by molar-refractivity contribution is 0.148. The van der Waals surface area contributed by atoms with E-state index in [0.29, 0.717) is 11.8 Å². The maximum atomic E-state index is 6.00. The van der Waals surface area contributed by atoms with Crippen LogP contribution in [-0.4, -0.2) is 69.9 Å². The highest BCUT2D eigenvalue weighted by atomic mass is 16.5. The zero-order chi connectivity index (χ0) is 20.2. The Morgan fingerprint density at radius 1 is 1.14 bits per heavy atom. The second-order valence-electron chi connectivity index (χ2n) is 7.13. The maximum absolute atomic E-state index is 6.00. The third-order valence-corrected chi connectivity index (χ3v) is 5.01. The van der Waals surface area contributed by atoms with Gasteiger partial charge >= 0.3 is 0 Å². The lowest BCUT2D eigenvalue weighted by Gasteiger charge is -2.32. The van der Waals surface area contributed by atoms with Crippen LogP contribution in [0.25, 0.3) is 5.82 Å². The highest BCUT2D eigenvalue weighted by Crippen LogP contribution is 2.29. The predicted molar refractivity (Wildman–Crippen MR) is 113 cm³/mol. The monoisotopic (exact) mass is 394 g/mol. The van der Waals surface area contributed by atoms with E-state index in [4.69, 9.17) is 10.5 Å². The third kappa shape index (κ3) is 4.47. The predicted octanol–water partition coefficient (Wildman–Crippen LogP) is 1.74. The average molecular weight is 394 g/mol. The number of ether oxygens (including phenoxy) is 1. The summed E-state index contributed by atoms with van der Waals surface area (Å²) in [5, 5.41) is 7.61. The molecule has 0 spiro atoms. The van der Waals surface area contributed by atoms with Crippen LogP contribution in [0.3, 0.4) is 0 Å². The molecule has 1 aliphatic rings. The number of nitrogens with zero attached hydrogens (tertiary/aromatic N) is 6. The maximum Gasteiger partial charge on any atom is 0.249 e. The Bertz CT molecular complexity index is 950. The van der Waals surface area contributed by atoms with E-state index in [1.54, 1.807) is 13.3 Å². The summed E-state index contributed by atoms with van der Waals surface area (Å²) in [6.07, 6.45) is 1.69. The molecular formula is C20H26N8O. The second-order valence-corrected chi connectivity index (χ2v) is 7.13. The number of piperazine rings is 1. The van der Waals surface area contributed by atoms with Crippen LogP contribution >= 0.6 is 0 Å². The van der Waals surface area contributed by atoms with Crippen LogP contribution < -0.4 is 15.8 Å². The second kappa shape index (κ2) is 8.46. The van der Waals surface area contributed by atoms with Gasteiger partial charge in [0.05, 0.1) is 12.8 Å². The van der Waals surface area contributed by atoms with Crippen molar-refractivity contribution in [3.05, 3.63) is 48.2 Å². The first-order valence-electron chi connectivity index (χ1n) is 9.61. The Morgan fingerprint density at radius 3 is 2.69 bits per heavy atom. The fourth-order valence-corrected chi connectivity index (χ4v) is 3.35. The molecule has 1 saturated heterocycles. The van der Waals surface area contributed by atoms with Crippen LogP contribution in [0.15, 0.2) is 42.6 Å². The zero-order valence-electron chi connectivity index (χ0n) is 16.7. The standard InChI is InChI=1S/C20H26N8O/c1-26-9-11-27(12-10-26)14-15-6-7-16(17(13-15)29-2)23-20-24-19(21)28(25-20)18-5-3-4-8-22-18/h3-8,13H,9-12,14H2,1-2H3,(H3,21,23,24,25). The average Bonchev–Trinajstić information content (AvgIpc) is 3.11. The highest BCUT2D eigenvalue weighted by Gasteiger charge is 2.16. The molecule has 1 aromatic carbocycles. The summed E-state index contributed by atoms with van der Waals surface area (Å²) in [6, 6.07) is 11.7. The van der Waals surface area contributed by atoms with Crippen LogP contribution in [0.1, 0.15) is 5.56 Å². The Morgan fingerprint density at radius 2 is 1.97 bits per heavy atom. The number of hydrogen-bond donors (Lipinski definition) is 2. The van der Waals surface area contributed by atoms with Gasteiger partial charge in [0.1, 0.15) is 5.75 Å². The van der Waals surface area contributed by atoms with Crippen LogP contribution in [0.4, 0.5) is 17.6 Å². The first-order valence-corrected chi connectivity index (χ1v) is 9.61. The van der Waals surface area contributed by atoms with E-state index in [0.717, 1.165) is 44.2 Å². The molecule has 3 heterocycles. The number of methoxy groups -OCH3 is 1. The van der Waals surface area contributed by atoms with Gasteiger partial charge in [0.2, 0.25) is 11.9 Å². The van der Waals surface area contributed by atoms with E-state index in [1.807, 2.05) is 24.3 Å². The molecule has 29 heavy (non-hydrogen) atoms. The number of pyridine rings is 1. The van der Waals surface area contributed by atoms with Gasteiger partial charge in [-0.3, -0.25) is 4.90 Å². The van der Waals surface area contributed by atoms with Gasteiger partial charge in [-0.2, -0.15) is 9.67 Å². The Labute approximate surface area is 170 Å². The van der Waals surface area contributed by atoms with Gasteiger partial charge in [-0.05, 0) is 36.9 Å². The summed E-state index contributed by atoms with van der Waals surface area (Å²) < 4.78 is 7.09. The molecule has 0 bridgehead atoms. The first kappa shape index (κ1) is 19.2. The minimum atomic E-state index is 0.261. The van der Waals surface area contributed by atoms with E-state index in [-0.39, 0.29) is 5.95 Å². The van der Waals surface area contributed by atoms with Gasteiger partial charge < -0.3 is 20.7 Å². The summed E-state index contributed by atoms with van der Waals surface area (Å²) >= 11 is 0. The SMILES string of the molecule is COc1cc(CN2CCN(C)CC2)ccc1Nc1nc(N)n(-c2ccccn2)n1. The number of anilines is 3. The number of aromatic nitrogens is 4. The van der Waals surface area contributed by atoms with Crippen molar-refractivity contribution in [3.8, 4) is 11.6 Å². The molecule has 0 amide bonds. The number of nitrogens with two attached hydrogens (primary N) is 1. The number of nitrogens with one attached hydrogen (secondary N) is 1. The van der Waals surface area contributed by atoms with Crippen molar-refractivity contribution in [2.24, 2.45) is 0 Å². The van der Waals surface area contributed by atoms with Gasteiger partial charge in [-0.15, -0.1) is 5.10 Å². The minimum Gasteiger partial charge on any atom is -0.495 e. The molecule has 0 atom stereocenters. The van der Waals surface area contributed by atoms with Gasteiger partial charge in [-0.1, -0.05) is 12.1 Å². The van der Waals surface area contributed by atoms with E-state index in [2.05, 4.69) is 49.4 Å². The zero-order valence-corrected chi connectivity index (χ0v) is 16.7. The molecule has 1 aliphatic heterocycles. The summed E-state index contributed by atoms with van der Waals surface area (Å²) in [5.41, 5.74) is 8.00. The van der Waals surface area contributed by atoms with E-state index >= 15 is 0 Å². The minimum absolute atomic E-state index is 0.261. The molecule has 0 radical (unpaired) electrons. The van der Waals surface area contributed by atoms with Gasteiger partial charge in [0.15, 0.2) is 5.82 Å². The smallest absolute Gasteiger partial charge is 0.249 e. The van der Waals surface area contributed by atoms with Crippen molar-refractivity contribution < 1.29 is 4.74 Å². The third-order valence-electron chi connectivity index (χ3n) is 5.01. The topological polar surface area (TPSA) is 97.4 Å². The quantitative estimate of drug-likeness (QED) is 0.653. The summed E-state index contributed by atoms with van der Waals surface area (Å²) in [5.74, 6) is 2.00. The molecule has 4 rings (SSSR count).